The Morgan fingerprint density at radius 3 is 2.93 bits per heavy atom. The van der Waals surface area contributed by atoms with Crippen molar-refractivity contribution in [2.24, 2.45) is 0 Å². The van der Waals surface area contributed by atoms with Gasteiger partial charge in [-0.15, -0.1) is 0 Å². The third-order valence-corrected chi connectivity index (χ3v) is 5.11. The van der Waals surface area contributed by atoms with Gasteiger partial charge in [0.15, 0.2) is 5.82 Å². The third-order valence-electron chi connectivity index (χ3n) is 5.11. The molecule has 29 heavy (non-hydrogen) atoms. The van der Waals surface area contributed by atoms with Gasteiger partial charge in [-0.25, -0.2) is 0 Å². The molecule has 0 saturated carbocycles. The first-order valence-corrected chi connectivity index (χ1v) is 9.83. The van der Waals surface area contributed by atoms with E-state index in [4.69, 9.17) is 9.72 Å². The lowest BCUT2D eigenvalue weighted by Gasteiger charge is -2.17. The van der Waals surface area contributed by atoms with E-state index < -0.39 is 0 Å². The zero-order chi connectivity index (χ0) is 20.5. The number of aromatic nitrogens is 4. The van der Waals surface area contributed by atoms with Crippen LogP contribution in [0.3, 0.4) is 0 Å². The SMILES string of the molecule is C=CC(=O)N1CCC(Oc2nc(Nc3cc(C)[nH]n3)cc3c2ccn3C(C)C)C1. The Morgan fingerprint density at radius 1 is 1.41 bits per heavy atom. The Morgan fingerprint density at radius 2 is 2.24 bits per heavy atom. The number of nitrogens with zero attached hydrogens (tertiary/aromatic N) is 4. The Hall–Kier alpha value is -3.29. The van der Waals surface area contributed by atoms with E-state index in [0.29, 0.717) is 36.6 Å². The van der Waals surface area contributed by atoms with E-state index in [0.717, 1.165) is 23.0 Å². The minimum absolute atomic E-state index is 0.0653. The average molecular weight is 394 g/mol. The van der Waals surface area contributed by atoms with Crippen LogP contribution < -0.4 is 10.1 Å². The zero-order valence-electron chi connectivity index (χ0n) is 17.0. The number of aromatic amines is 1. The van der Waals surface area contributed by atoms with Crippen molar-refractivity contribution in [3.8, 4) is 5.88 Å². The van der Waals surface area contributed by atoms with Gasteiger partial charge in [0.25, 0.3) is 0 Å². The Balaban J connectivity index is 1.66. The molecule has 0 aromatic carbocycles. The van der Waals surface area contributed by atoms with Crippen molar-refractivity contribution in [2.45, 2.75) is 39.3 Å². The molecule has 1 unspecified atom stereocenters. The normalized spacial score (nSPS) is 16.6. The van der Waals surface area contributed by atoms with Crippen molar-refractivity contribution in [3.05, 3.63) is 42.7 Å². The molecule has 152 valence electrons. The Kier molecular flexibility index (Phi) is 5.00. The Labute approximate surface area is 169 Å². The lowest BCUT2D eigenvalue weighted by molar-refractivity contribution is -0.125. The second-order valence-electron chi connectivity index (χ2n) is 7.64. The monoisotopic (exact) mass is 394 g/mol. The number of hydrogen-bond acceptors (Lipinski definition) is 5. The largest absolute Gasteiger partial charge is 0.472 e. The summed E-state index contributed by atoms with van der Waals surface area (Å²) in [6.45, 7) is 11.0. The third kappa shape index (κ3) is 3.83. The number of fused-ring (bicyclic) bond motifs is 1. The van der Waals surface area contributed by atoms with Crippen LogP contribution in [-0.4, -0.2) is 49.7 Å². The van der Waals surface area contributed by atoms with Crippen LogP contribution in [0.2, 0.25) is 0 Å². The van der Waals surface area contributed by atoms with Gasteiger partial charge in [0.1, 0.15) is 11.9 Å². The standard InChI is InChI=1S/C21H26N6O2/c1-5-20(28)26-8-6-15(12-26)29-21-16-7-9-27(13(2)3)17(16)11-18(23-21)22-19-10-14(4)24-25-19/h5,7,9-11,13,15H,1,6,8,12H2,2-4H3,(H2,22,23,24,25). The molecule has 1 aliphatic heterocycles. The average Bonchev–Trinajstić information content (AvgIpc) is 3.41. The molecule has 1 atom stereocenters. The number of amides is 1. The van der Waals surface area contributed by atoms with Crippen LogP contribution in [0.15, 0.2) is 37.1 Å². The van der Waals surface area contributed by atoms with Crippen LogP contribution >= 0.6 is 0 Å². The molecule has 3 aromatic rings. The fourth-order valence-corrected chi connectivity index (χ4v) is 3.65. The van der Waals surface area contributed by atoms with E-state index in [1.165, 1.54) is 6.08 Å². The van der Waals surface area contributed by atoms with Gasteiger partial charge in [0, 0.05) is 43.0 Å². The molecule has 1 aliphatic rings. The van der Waals surface area contributed by atoms with E-state index in [1.54, 1.807) is 4.90 Å². The number of H-pyrrole nitrogens is 1. The number of carbonyl (C=O) groups is 1. The van der Waals surface area contributed by atoms with Crippen molar-refractivity contribution in [1.29, 1.82) is 0 Å². The van der Waals surface area contributed by atoms with Gasteiger partial charge in [-0.3, -0.25) is 9.89 Å². The summed E-state index contributed by atoms with van der Waals surface area (Å²) in [6, 6.07) is 6.26. The number of aryl methyl sites for hydroxylation is 1. The van der Waals surface area contributed by atoms with Crippen LogP contribution in [0.25, 0.3) is 10.9 Å². The van der Waals surface area contributed by atoms with Crippen LogP contribution in [0, 0.1) is 6.92 Å². The predicted octanol–water partition coefficient (Wildman–Crippen LogP) is 3.56. The topological polar surface area (TPSA) is 88.1 Å². The molecular formula is C21H26N6O2. The molecule has 2 N–H and O–H groups in total. The fraction of sp³-hybridized carbons (Fsp3) is 0.381. The molecule has 8 nitrogen and oxygen atoms in total. The van der Waals surface area contributed by atoms with Crippen LogP contribution in [-0.2, 0) is 4.79 Å². The zero-order valence-corrected chi connectivity index (χ0v) is 17.0. The van der Waals surface area contributed by atoms with Gasteiger partial charge in [-0.05, 0) is 32.9 Å². The molecule has 0 radical (unpaired) electrons. The second kappa shape index (κ2) is 7.62. The summed E-state index contributed by atoms with van der Waals surface area (Å²) in [5.74, 6) is 1.86. The number of nitrogens with one attached hydrogen (secondary N) is 2. The molecular weight excluding hydrogens is 368 g/mol. The molecule has 8 heteroatoms. The van der Waals surface area contributed by atoms with Gasteiger partial charge in [-0.2, -0.15) is 10.1 Å². The molecule has 0 bridgehead atoms. The molecule has 1 saturated heterocycles. The lowest BCUT2D eigenvalue weighted by atomic mass is 10.2. The molecule has 1 amide bonds. The summed E-state index contributed by atoms with van der Waals surface area (Å²) in [7, 11) is 0. The molecule has 1 fully saturated rings. The number of anilines is 2. The van der Waals surface area contributed by atoms with E-state index in [2.05, 4.69) is 46.7 Å². The number of carbonyl (C=O) groups excluding carboxylic acids is 1. The quantitative estimate of drug-likeness (QED) is 0.624. The summed E-state index contributed by atoms with van der Waals surface area (Å²) < 4.78 is 8.46. The first-order chi connectivity index (χ1) is 13.9. The second-order valence-corrected chi connectivity index (χ2v) is 7.64. The highest BCUT2D eigenvalue weighted by atomic mass is 16.5. The van der Waals surface area contributed by atoms with Gasteiger partial charge in [0.2, 0.25) is 11.8 Å². The molecule has 4 rings (SSSR count). The maximum atomic E-state index is 11.9. The van der Waals surface area contributed by atoms with E-state index in [1.807, 2.05) is 25.1 Å². The number of likely N-dealkylation sites (tertiary alicyclic amines) is 1. The fourth-order valence-electron chi connectivity index (χ4n) is 3.65. The predicted molar refractivity (Wildman–Crippen MR) is 113 cm³/mol. The number of hydrogen-bond donors (Lipinski definition) is 2. The Bertz CT molecular complexity index is 1050. The van der Waals surface area contributed by atoms with Crippen molar-refractivity contribution < 1.29 is 9.53 Å². The highest BCUT2D eigenvalue weighted by molar-refractivity contribution is 5.88. The smallest absolute Gasteiger partial charge is 0.246 e. The maximum Gasteiger partial charge on any atom is 0.246 e. The summed E-state index contributed by atoms with van der Waals surface area (Å²) in [6.07, 6.45) is 4.07. The summed E-state index contributed by atoms with van der Waals surface area (Å²) in [5, 5.41) is 11.4. The number of rotatable bonds is 6. The van der Waals surface area contributed by atoms with Crippen LogP contribution in [0.1, 0.15) is 32.0 Å². The molecule has 0 spiro atoms. The van der Waals surface area contributed by atoms with Gasteiger partial charge in [0.05, 0.1) is 17.4 Å². The van der Waals surface area contributed by atoms with Gasteiger partial charge in [-0.1, -0.05) is 6.58 Å². The summed E-state index contributed by atoms with van der Waals surface area (Å²) >= 11 is 0. The summed E-state index contributed by atoms with van der Waals surface area (Å²) in [5.41, 5.74) is 2.00. The highest BCUT2D eigenvalue weighted by Crippen LogP contribution is 2.32. The lowest BCUT2D eigenvalue weighted by Crippen LogP contribution is -2.29. The number of pyridine rings is 1. The first kappa shape index (κ1) is 19.0. The van der Waals surface area contributed by atoms with E-state index in [9.17, 15) is 4.79 Å². The van der Waals surface area contributed by atoms with Crippen molar-refractivity contribution >= 4 is 28.4 Å². The van der Waals surface area contributed by atoms with Gasteiger partial charge < -0.3 is 19.5 Å². The molecule has 0 aliphatic carbocycles. The van der Waals surface area contributed by atoms with E-state index >= 15 is 0 Å². The van der Waals surface area contributed by atoms with Crippen molar-refractivity contribution in [1.82, 2.24) is 24.6 Å². The maximum absolute atomic E-state index is 11.9. The van der Waals surface area contributed by atoms with E-state index in [-0.39, 0.29) is 12.0 Å². The van der Waals surface area contributed by atoms with Gasteiger partial charge >= 0.3 is 0 Å². The summed E-state index contributed by atoms with van der Waals surface area (Å²) in [4.78, 5) is 18.3. The van der Waals surface area contributed by atoms with Crippen molar-refractivity contribution in [3.63, 3.8) is 0 Å². The minimum Gasteiger partial charge on any atom is -0.472 e. The molecule has 3 aromatic heterocycles. The minimum atomic E-state index is -0.0973. The van der Waals surface area contributed by atoms with Crippen molar-refractivity contribution in [2.75, 3.05) is 18.4 Å². The van der Waals surface area contributed by atoms with Crippen LogP contribution in [0.4, 0.5) is 11.6 Å². The first-order valence-electron chi connectivity index (χ1n) is 9.83. The van der Waals surface area contributed by atoms with Crippen LogP contribution in [0.5, 0.6) is 5.88 Å². The molecule has 4 heterocycles. The number of ether oxygens (including phenoxy) is 1. The highest BCUT2D eigenvalue weighted by Gasteiger charge is 2.27.